The second-order valence-electron chi connectivity index (χ2n) is 8.10. The Labute approximate surface area is 181 Å². The molecule has 0 radical (unpaired) electrons. The number of nitrogens with zero attached hydrogens (tertiary/aromatic N) is 2. The molecule has 0 aromatic heterocycles. The molecule has 5 heteroatoms. The molecule has 1 heterocycles. The molecular formula is C24H51N3O2. The smallest absolute Gasteiger partial charge is 0.300 e. The summed E-state index contributed by atoms with van der Waals surface area (Å²) in [6.07, 6.45) is 22.8. The molecule has 0 aromatic rings. The number of carboxylic acid groups (broad SMARTS) is 1. The molecule has 0 saturated carbocycles. The molecule has 0 aromatic carbocycles. The number of aliphatic carboxylic acids is 1. The summed E-state index contributed by atoms with van der Waals surface area (Å²) in [4.78, 5) is 16.1. The lowest BCUT2D eigenvalue weighted by molar-refractivity contribution is -0.134. The van der Waals surface area contributed by atoms with Crippen LogP contribution in [-0.4, -0.2) is 41.4 Å². The third-order valence-corrected chi connectivity index (χ3v) is 5.41. The fraction of sp³-hybridized carbons (Fsp3) is 0.917. The minimum Gasteiger partial charge on any atom is -0.481 e. The number of carboxylic acids is 1. The second-order valence-corrected chi connectivity index (χ2v) is 8.10. The Morgan fingerprint density at radius 3 is 1.59 bits per heavy atom. The van der Waals surface area contributed by atoms with E-state index in [9.17, 15) is 0 Å². The first-order valence-corrected chi connectivity index (χ1v) is 12.1. The number of unbranched alkanes of at least 4 members (excludes halogenated alkanes) is 14. The van der Waals surface area contributed by atoms with E-state index >= 15 is 0 Å². The summed E-state index contributed by atoms with van der Waals surface area (Å²) < 4.78 is 0. The number of rotatable bonds is 17. The van der Waals surface area contributed by atoms with Crippen LogP contribution in [-0.2, 0) is 4.79 Å². The Morgan fingerprint density at radius 2 is 1.21 bits per heavy atom. The van der Waals surface area contributed by atoms with Crippen LogP contribution in [0.3, 0.4) is 0 Å². The van der Waals surface area contributed by atoms with Crippen molar-refractivity contribution < 1.29 is 9.90 Å². The molecule has 29 heavy (non-hydrogen) atoms. The van der Waals surface area contributed by atoms with Gasteiger partial charge in [0, 0.05) is 26.4 Å². The minimum atomic E-state index is -0.833. The molecule has 5 nitrogen and oxygen atoms in total. The van der Waals surface area contributed by atoms with Crippen molar-refractivity contribution >= 4 is 11.8 Å². The first-order chi connectivity index (χ1) is 13.6. The molecule has 0 atom stereocenters. The topological polar surface area (TPSA) is 87.9 Å². The Morgan fingerprint density at radius 1 is 0.828 bits per heavy atom. The molecule has 0 aliphatic carbocycles. The summed E-state index contributed by atoms with van der Waals surface area (Å²) in [6, 6.07) is 0. The maximum absolute atomic E-state index is 9.00. The second kappa shape index (κ2) is 23.2. The van der Waals surface area contributed by atoms with Crippen LogP contribution >= 0.6 is 0 Å². The molecule has 0 unspecified atom stereocenters. The van der Waals surface area contributed by atoms with Crippen LogP contribution in [0, 0.1) is 0 Å². The number of amidine groups is 1. The lowest BCUT2D eigenvalue weighted by atomic mass is 10.0. The van der Waals surface area contributed by atoms with Crippen molar-refractivity contribution in [1.29, 1.82) is 0 Å². The maximum Gasteiger partial charge on any atom is 0.300 e. The van der Waals surface area contributed by atoms with Crippen molar-refractivity contribution in [3.63, 3.8) is 0 Å². The number of carbonyl (C=O) groups is 1. The standard InChI is InChI=1S/C22H44N2.C2H4O2.H3N/c1-3-5-6-7-8-9-10-11-12-13-14-15-16-17-18-19-22-23-20-21-24(22)4-2;1-2(3)4;/h3-21H2,1-2H3;1H3,(H,3,4);1H3. The zero-order valence-electron chi connectivity index (χ0n) is 19.9. The van der Waals surface area contributed by atoms with Crippen molar-refractivity contribution in [2.45, 2.75) is 124 Å². The van der Waals surface area contributed by atoms with Gasteiger partial charge in [-0.25, -0.2) is 0 Å². The third kappa shape index (κ3) is 21.4. The SMILES string of the molecule is CC(=O)O.CCCCCCCCCCCCCCCCCC1=NCCN1CC.N. The lowest BCUT2D eigenvalue weighted by Gasteiger charge is -2.17. The number of aliphatic imine (C=N–C) groups is 1. The molecule has 0 amide bonds. The molecule has 174 valence electrons. The van der Waals surface area contributed by atoms with Gasteiger partial charge in [-0.3, -0.25) is 9.79 Å². The van der Waals surface area contributed by atoms with Gasteiger partial charge in [-0.15, -0.1) is 0 Å². The van der Waals surface area contributed by atoms with Gasteiger partial charge in [0.15, 0.2) is 0 Å². The van der Waals surface area contributed by atoms with E-state index in [2.05, 4.69) is 23.7 Å². The largest absolute Gasteiger partial charge is 0.481 e. The van der Waals surface area contributed by atoms with Crippen molar-refractivity contribution in [3.05, 3.63) is 0 Å². The molecule has 1 rings (SSSR count). The van der Waals surface area contributed by atoms with Crippen molar-refractivity contribution in [2.75, 3.05) is 19.6 Å². The van der Waals surface area contributed by atoms with Crippen LogP contribution in [0.5, 0.6) is 0 Å². The summed E-state index contributed by atoms with van der Waals surface area (Å²) in [6.45, 7) is 8.95. The predicted octanol–water partition coefficient (Wildman–Crippen LogP) is 7.23. The van der Waals surface area contributed by atoms with Crippen molar-refractivity contribution in [3.8, 4) is 0 Å². The van der Waals surface area contributed by atoms with E-state index in [1.165, 1.54) is 109 Å². The van der Waals surface area contributed by atoms with Crippen LogP contribution < -0.4 is 6.15 Å². The highest BCUT2D eigenvalue weighted by Gasteiger charge is 2.13. The van der Waals surface area contributed by atoms with E-state index in [4.69, 9.17) is 9.90 Å². The van der Waals surface area contributed by atoms with Gasteiger partial charge < -0.3 is 16.2 Å². The molecule has 0 spiro atoms. The van der Waals surface area contributed by atoms with Crippen LogP contribution in [0.25, 0.3) is 0 Å². The highest BCUT2D eigenvalue weighted by molar-refractivity contribution is 5.83. The van der Waals surface area contributed by atoms with E-state index in [0.717, 1.165) is 26.6 Å². The van der Waals surface area contributed by atoms with Crippen molar-refractivity contribution in [2.24, 2.45) is 4.99 Å². The fourth-order valence-electron chi connectivity index (χ4n) is 3.76. The van der Waals surface area contributed by atoms with E-state index in [1.54, 1.807) is 0 Å². The zero-order valence-corrected chi connectivity index (χ0v) is 19.9. The van der Waals surface area contributed by atoms with E-state index in [1.807, 2.05) is 0 Å². The summed E-state index contributed by atoms with van der Waals surface area (Å²) >= 11 is 0. The Balaban J connectivity index is 0. The molecular weight excluding hydrogens is 362 g/mol. The van der Waals surface area contributed by atoms with Gasteiger partial charge in [0.1, 0.15) is 0 Å². The average molecular weight is 414 g/mol. The summed E-state index contributed by atoms with van der Waals surface area (Å²) in [5.41, 5.74) is 0. The summed E-state index contributed by atoms with van der Waals surface area (Å²) in [5, 5.41) is 7.42. The number of likely N-dealkylation sites (N-methyl/N-ethyl adjacent to an activating group) is 1. The summed E-state index contributed by atoms with van der Waals surface area (Å²) in [5.74, 6) is 0.548. The van der Waals surface area contributed by atoms with Gasteiger partial charge in [0.25, 0.3) is 5.97 Å². The van der Waals surface area contributed by atoms with Crippen LogP contribution in [0.1, 0.15) is 124 Å². The minimum absolute atomic E-state index is 0. The van der Waals surface area contributed by atoms with Crippen LogP contribution in [0.2, 0.25) is 0 Å². The molecule has 4 N–H and O–H groups in total. The van der Waals surface area contributed by atoms with Crippen molar-refractivity contribution in [1.82, 2.24) is 11.1 Å². The number of hydrogen-bond donors (Lipinski definition) is 2. The zero-order chi connectivity index (χ0) is 20.9. The first kappa shape index (κ1) is 30.1. The molecule has 0 fully saturated rings. The van der Waals surface area contributed by atoms with Gasteiger partial charge in [-0.2, -0.15) is 0 Å². The van der Waals surface area contributed by atoms with Gasteiger partial charge in [0.2, 0.25) is 0 Å². The average Bonchev–Trinajstić information content (AvgIpc) is 3.12. The highest BCUT2D eigenvalue weighted by Crippen LogP contribution is 2.14. The molecule has 0 saturated heterocycles. The Kier molecular flexibility index (Phi) is 24.1. The highest BCUT2D eigenvalue weighted by atomic mass is 16.4. The Bertz CT molecular complexity index is 382. The monoisotopic (exact) mass is 413 g/mol. The lowest BCUT2D eigenvalue weighted by Crippen LogP contribution is -2.27. The third-order valence-electron chi connectivity index (χ3n) is 5.41. The van der Waals surface area contributed by atoms with Crippen LogP contribution in [0.4, 0.5) is 0 Å². The predicted molar refractivity (Wildman–Crippen MR) is 127 cm³/mol. The first-order valence-electron chi connectivity index (χ1n) is 12.1. The van der Waals surface area contributed by atoms with Gasteiger partial charge in [-0.1, -0.05) is 96.8 Å². The number of hydrogen-bond acceptors (Lipinski definition) is 4. The maximum atomic E-state index is 9.00. The van der Waals surface area contributed by atoms with Gasteiger partial charge in [-0.05, 0) is 13.3 Å². The van der Waals surface area contributed by atoms with E-state index < -0.39 is 5.97 Å². The normalized spacial score (nSPS) is 12.8. The Hall–Kier alpha value is -1.10. The molecule has 1 aliphatic rings. The van der Waals surface area contributed by atoms with E-state index in [-0.39, 0.29) is 6.15 Å². The van der Waals surface area contributed by atoms with Crippen LogP contribution in [0.15, 0.2) is 4.99 Å². The molecule has 0 bridgehead atoms. The van der Waals surface area contributed by atoms with Gasteiger partial charge >= 0.3 is 0 Å². The summed E-state index contributed by atoms with van der Waals surface area (Å²) in [7, 11) is 0. The quantitative estimate of drug-likeness (QED) is 0.246. The van der Waals surface area contributed by atoms with Gasteiger partial charge in [0.05, 0.1) is 12.4 Å². The fourth-order valence-corrected chi connectivity index (χ4v) is 3.76. The molecule has 1 aliphatic heterocycles. The van der Waals surface area contributed by atoms with E-state index in [0.29, 0.717) is 0 Å².